The second-order valence-electron chi connectivity index (χ2n) is 9.00. The van der Waals surface area contributed by atoms with Crippen LogP contribution >= 0.6 is 0 Å². The maximum absolute atomic E-state index is 12.6. The minimum absolute atomic E-state index is 0.0724. The number of carbonyl (C=O) groups is 2. The average Bonchev–Trinajstić information content (AvgIpc) is 2.85. The van der Waals surface area contributed by atoms with Gasteiger partial charge in [0.1, 0.15) is 0 Å². The zero-order chi connectivity index (χ0) is 26.2. The summed E-state index contributed by atoms with van der Waals surface area (Å²) in [6.07, 6.45) is 1.70. The van der Waals surface area contributed by atoms with Gasteiger partial charge in [-0.15, -0.1) is 0 Å². The Bertz CT molecular complexity index is 1090. The van der Waals surface area contributed by atoms with Crippen LogP contribution in [-0.2, 0) is 28.9 Å². The minimum atomic E-state index is -0.974. The van der Waals surface area contributed by atoms with Gasteiger partial charge in [0.25, 0.3) is 0 Å². The van der Waals surface area contributed by atoms with E-state index in [0.717, 1.165) is 37.4 Å². The van der Waals surface area contributed by atoms with E-state index in [1.54, 1.807) is 26.4 Å². The fourth-order valence-electron chi connectivity index (χ4n) is 4.64. The summed E-state index contributed by atoms with van der Waals surface area (Å²) in [7, 11) is 8.38. The van der Waals surface area contributed by atoms with Crippen LogP contribution in [0.2, 0.25) is 0 Å². The molecule has 0 fully saturated rings. The Balaban J connectivity index is 1.47. The smallest absolute Gasteiger partial charge is 0.307 e. The van der Waals surface area contributed by atoms with Crippen molar-refractivity contribution in [3.05, 3.63) is 46.5 Å². The summed E-state index contributed by atoms with van der Waals surface area (Å²) in [5.74, 6) is 1.74. The number of hydrogen-bond acceptors (Lipinski definition) is 7. The maximum Gasteiger partial charge on any atom is 0.307 e. The fraction of sp³-hybridized carbons (Fsp3) is 0.481. The van der Waals surface area contributed by atoms with Gasteiger partial charge in [0, 0.05) is 19.0 Å². The Morgan fingerprint density at radius 2 is 1.47 bits per heavy atom. The molecule has 2 N–H and O–H groups in total. The predicted molar refractivity (Wildman–Crippen MR) is 136 cm³/mol. The molecular formula is C27H36N2O7. The fourth-order valence-corrected chi connectivity index (χ4v) is 4.64. The molecule has 0 heterocycles. The van der Waals surface area contributed by atoms with E-state index in [-0.39, 0.29) is 18.7 Å². The SMILES string of the molecule is COc1cc(CC(=O)O)c(CC(=O)NCCCN(C)CC2Cc3cc(OC)c(OC)cc32)cc1OC. The zero-order valence-electron chi connectivity index (χ0n) is 21.7. The van der Waals surface area contributed by atoms with Crippen LogP contribution in [0.4, 0.5) is 0 Å². The van der Waals surface area contributed by atoms with E-state index in [1.807, 2.05) is 0 Å². The molecule has 0 saturated carbocycles. The van der Waals surface area contributed by atoms with Crippen LogP contribution in [0.1, 0.15) is 34.6 Å². The molecule has 2 aromatic rings. The van der Waals surface area contributed by atoms with Gasteiger partial charge in [0.05, 0.1) is 41.3 Å². The van der Waals surface area contributed by atoms with E-state index in [0.29, 0.717) is 35.1 Å². The van der Waals surface area contributed by atoms with Gasteiger partial charge in [-0.1, -0.05) is 0 Å². The summed E-state index contributed by atoms with van der Waals surface area (Å²) in [5.41, 5.74) is 3.75. The molecule has 1 aliphatic rings. The van der Waals surface area contributed by atoms with E-state index in [2.05, 4.69) is 29.4 Å². The van der Waals surface area contributed by atoms with E-state index >= 15 is 0 Å². The molecule has 1 aliphatic carbocycles. The van der Waals surface area contributed by atoms with Crippen molar-refractivity contribution in [2.24, 2.45) is 0 Å². The molecule has 3 rings (SSSR count). The lowest BCUT2D eigenvalue weighted by molar-refractivity contribution is -0.136. The molecule has 0 bridgehead atoms. The molecular weight excluding hydrogens is 464 g/mol. The van der Waals surface area contributed by atoms with Crippen molar-refractivity contribution < 1.29 is 33.6 Å². The molecule has 1 atom stereocenters. The Hall–Kier alpha value is -3.46. The van der Waals surface area contributed by atoms with Gasteiger partial charge in [0.15, 0.2) is 23.0 Å². The molecule has 36 heavy (non-hydrogen) atoms. The number of nitrogens with one attached hydrogen (secondary N) is 1. The third kappa shape index (κ3) is 6.60. The first-order chi connectivity index (χ1) is 17.3. The number of benzene rings is 2. The van der Waals surface area contributed by atoms with Crippen LogP contribution < -0.4 is 24.3 Å². The number of nitrogens with zero attached hydrogens (tertiary/aromatic N) is 1. The molecule has 0 radical (unpaired) electrons. The quantitative estimate of drug-likeness (QED) is 0.382. The van der Waals surface area contributed by atoms with Crippen molar-refractivity contribution in [3.63, 3.8) is 0 Å². The van der Waals surface area contributed by atoms with Crippen LogP contribution in [0.25, 0.3) is 0 Å². The number of aliphatic carboxylic acids is 1. The molecule has 196 valence electrons. The Morgan fingerprint density at radius 3 is 2.06 bits per heavy atom. The summed E-state index contributed by atoms with van der Waals surface area (Å²) < 4.78 is 21.4. The third-order valence-corrected chi connectivity index (χ3v) is 6.52. The molecule has 9 heteroatoms. The van der Waals surface area contributed by atoms with E-state index in [1.165, 1.54) is 25.3 Å². The van der Waals surface area contributed by atoms with Crippen molar-refractivity contribution >= 4 is 11.9 Å². The summed E-state index contributed by atoms with van der Waals surface area (Å²) in [5, 5.41) is 12.2. The molecule has 9 nitrogen and oxygen atoms in total. The number of carboxylic acid groups (broad SMARTS) is 1. The average molecular weight is 501 g/mol. The van der Waals surface area contributed by atoms with Crippen LogP contribution in [0.3, 0.4) is 0 Å². The second-order valence-corrected chi connectivity index (χ2v) is 9.00. The van der Waals surface area contributed by atoms with Gasteiger partial charge < -0.3 is 34.3 Å². The zero-order valence-corrected chi connectivity index (χ0v) is 21.7. The Labute approximate surface area is 212 Å². The van der Waals surface area contributed by atoms with Crippen molar-refractivity contribution in [2.45, 2.75) is 31.6 Å². The van der Waals surface area contributed by atoms with E-state index < -0.39 is 5.97 Å². The molecule has 0 spiro atoms. The number of ether oxygens (including phenoxy) is 4. The Morgan fingerprint density at radius 1 is 0.917 bits per heavy atom. The molecule has 2 aromatic carbocycles. The lowest BCUT2D eigenvalue weighted by atomic mass is 9.77. The van der Waals surface area contributed by atoms with Crippen molar-refractivity contribution in [1.29, 1.82) is 0 Å². The van der Waals surface area contributed by atoms with Gasteiger partial charge in [0.2, 0.25) is 5.91 Å². The van der Waals surface area contributed by atoms with Crippen LogP contribution in [0.5, 0.6) is 23.0 Å². The number of carboxylic acids is 1. The standard InChI is InChI=1S/C27H36N2O7/c1-29(16-20-9-19-12-24(35-4)25(36-5)15-21(19)20)8-6-7-28-26(30)13-17-10-22(33-2)23(34-3)11-18(17)14-27(31)32/h10-12,15,20H,6-9,13-14,16H2,1-5H3,(H,28,30)(H,31,32). The summed E-state index contributed by atoms with van der Waals surface area (Å²) in [6, 6.07) is 7.42. The highest BCUT2D eigenvalue weighted by Gasteiger charge is 2.29. The van der Waals surface area contributed by atoms with Gasteiger partial charge in [-0.25, -0.2) is 0 Å². The van der Waals surface area contributed by atoms with Gasteiger partial charge in [-0.05, 0) is 73.0 Å². The number of fused-ring (bicyclic) bond motifs is 1. The lowest BCUT2D eigenvalue weighted by Crippen LogP contribution is -2.33. The van der Waals surface area contributed by atoms with Gasteiger partial charge in [-0.2, -0.15) is 0 Å². The number of methoxy groups -OCH3 is 4. The highest BCUT2D eigenvalue weighted by Crippen LogP contribution is 2.42. The topological polar surface area (TPSA) is 107 Å². The number of likely N-dealkylation sites (N-methyl/N-ethyl adjacent to an activating group) is 1. The highest BCUT2D eigenvalue weighted by molar-refractivity contribution is 5.80. The third-order valence-electron chi connectivity index (χ3n) is 6.52. The lowest BCUT2D eigenvalue weighted by Gasteiger charge is -2.34. The first kappa shape index (κ1) is 27.1. The molecule has 0 aromatic heterocycles. The normalized spacial score (nSPS) is 14.0. The monoisotopic (exact) mass is 500 g/mol. The minimum Gasteiger partial charge on any atom is -0.493 e. The second kappa shape index (κ2) is 12.5. The molecule has 0 saturated heterocycles. The van der Waals surface area contributed by atoms with Crippen LogP contribution in [0.15, 0.2) is 24.3 Å². The maximum atomic E-state index is 12.6. The molecule has 1 unspecified atom stereocenters. The first-order valence-corrected chi connectivity index (χ1v) is 11.9. The van der Waals surface area contributed by atoms with Crippen molar-refractivity contribution in [3.8, 4) is 23.0 Å². The number of rotatable bonds is 14. The summed E-state index contributed by atoms with van der Waals surface area (Å²) in [6.45, 7) is 2.32. The molecule has 1 amide bonds. The van der Waals surface area contributed by atoms with Crippen LogP contribution in [-0.4, -0.2) is 77.0 Å². The van der Waals surface area contributed by atoms with Gasteiger partial charge >= 0.3 is 5.97 Å². The largest absolute Gasteiger partial charge is 0.493 e. The van der Waals surface area contributed by atoms with Gasteiger partial charge in [-0.3, -0.25) is 9.59 Å². The van der Waals surface area contributed by atoms with E-state index in [9.17, 15) is 14.7 Å². The van der Waals surface area contributed by atoms with E-state index in [4.69, 9.17) is 18.9 Å². The predicted octanol–water partition coefficient (Wildman–Crippen LogP) is 2.67. The number of hydrogen-bond donors (Lipinski definition) is 2. The summed E-state index contributed by atoms with van der Waals surface area (Å²) in [4.78, 5) is 26.1. The van der Waals surface area contributed by atoms with Crippen molar-refractivity contribution in [2.75, 3.05) is 55.1 Å². The van der Waals surface area contributed by atoms with Crippen LogP contribution in [0, 0.1) is 0 Å². The highest BCUT2D eigenvalue weighted by atomic mass is 16.5. The Kier molecular flexibility index (Phi) is 9.41. The number of amides is 1. The van der Waals surface area contributed by atoms with Crippen molar-refractivity contribution in [1.82, 2.24) is 10.2 Å². The molecule has 0 aliphatic heterocycles. The summed E-state index contributed by atoms with van der Waals surface area (Å²) >= 11 is 0. The first-order valence-electron chi connectivity index (χ1n) is 11.9. The number of carbonyl (C=O) groups excluding carboxylic acids is 1.